The maximum Gasteiger partial charge on any atom is 0.131 e. The highest BCUT2D eigenvalue weighted by molar-refractivity contribution is 7.10. The molecular formula is C17H27N3S. The van der Waals surface area contributed by atoms with Crippen LogP contribution in [0.4, 0.5) is 0 Å². The fraction of sp³-hybridized carbons (Fsp3) is 0.588. The number of unbranched alkanes of at least 4 members (excludes halogenated alkanes) is 3. The molecule has 0 aromatic carbocycles. The molecule has 2 aromatic heterocycles. The normalized spacial score (nSPS) is 14.2. The highest BCUT2D eigenvalue weighted by Gasteiger charge is 2.20. The van der Waals surface area contributed by atoms with Crippen molar-refractivity contribution in [3.05, 3.63) is 40.6 Å². The van der Waals surface area contributed by atoms with Crippen LogP contribution in [0.1, 0.15) is 62.7 Å². The van der Waals surface area contributed by atoms with Gasteiger partial charge in [0, 0.05) is 30.4 Å². The van der Waals surface area contributed by atoms with Crippen LogP contribution in [0.15, 0.2) is 29.9 Å². The van der Waals surface area contributed by atoms with Gasteiger partial charge in [0.25, 0.3) is 0 Å². The number of hydrogen-bond donors (Lipinski definition) is 1. The molecular weight excluding hydrogens is 278 g/mol. The fourth-order valence-electron chi connectivity index (χ4n) is 2.64. The molecule has 0 bridgehead atoms. The number of thiophene rings is 1. The molecule has 0 amide bonds. The van der Waals surface area contributed by atoms with E-state index in [2.05, 4.69) is 53.3 Å². The van der Waals surface area contributed by atoms with Crippen LogP contribution < -0.4 is 5.32 Å². The van der Waals surface area contributed by atoms with E-state index in [4.69, 9.17) is 0 Å². The Bertz CT molecular complexity index is 504. The van der Waals surface area contributed by atoms with Gasteiger partial charge in [-0.05, 0) is 24.8 Å². The Kier molecular flexibility index (Phi) is 6.46. The van der Waals surface area contributed by atoms with Gasteiger partial charge < -0.3 is 9.88 Å². The van der Waals surface area contributed by atoms with E-state index in [9.17, 15) is 0 Å². The van der Waals surface area contributed by atoms with E-state index in [-0.39, 0.29) is 6.04 Å². The van der Waals surface area contributed by atoms with Crippen molar-refractivity contribution in [2.75, 3.05) is 0 Å². The molecule has 0 saturated heterocycles. The quantitative estimate of drug-likeness (QED) is 0.690. The predicted octanol–water partition coefficient (Wildman–Crippen LogP) is 4.52. The molecule has 21 heavy (non-hydrogen) atoms. The smallest absolute Gasteiger partial charge is 0.131 e. The zero-order chi connectivity index (χ0) is 15.1. The first-order valence-electron chi connectivity index (χ1n) is 7.99. The number of imidazole rings is 1. The van der Waals surface area contributed by atoms with Crippen LogP contribution >= 0.6 is 11.3 Å². The molecule has 4 heteroatoms. The number of aryl methyl sites for hydroxylation is 1. The standard InChI is InChI=1S/C17H27N3S/c1-4-5-6-7-9-14(2)19-16(15-10-8-13-21-15)17-18-11-12-20(17)3/h8,10-14,16,19H,4-7,9H2,1-3H3. The third kappa shape index (κ3) is 4.68. The molecule has 2 heterocycles. The van der Waals surface area contributed by atoms with E-state index >= 15 is 0 Å². The van der Waals surface area contributed by atoms with Crippen molar-refractivity contribution in [1.82, 2.24) is 14.9 Å². The molecule has 2 unspecified atom stereocenters. The minimum atomic E-state index is 0.200. The van der Waals surface area contributed by atoms with Crippen molar-refractivity contribution in [3.63, 3.8) is 0 Å². The van der Waals surface area contributed by atoms with Gasteiger partial charge in [-0.25, -0.2) is 4.98 Å². The van der Waals surface area contributed by atoms with Gasteiger partial charge >= 0.3 is 0 Å². The summed E-state index contributed by atoms with van der Waals surface area (Å²) in [5.41, 5.74) is 0. The average Bonchev–Trinajstić information content (AvgIpc) is 3.13. The van der Waals surface area contributed by atoms with Crippen LogP contribution in [0.2, 0.25) is 0 Å². The van der Waals surface area contributed by atoms with Gasteiger partial charge in [-0.1, -0.05) is 38.7 Å². The molecule has 0 fully saturated rings. The monoisotopic (exact) mass is 305 g/mol. The predicted molar refractivity (Wildman–Crippen MR) is 90.7 cm³/mol. The van der Waals surface area contributed by atoms with Crippen LogP contribution in [0.3, 0.4) is 0 Å². The van der Waals surface area contributed by atoms with E-state index in [0.29, 0.717) is 6.04 Å². The summed E-state index contributed by atoms with van der Waals surface area (Å²) in [6.45, 7) is 4.55. The third-order valence-corrected chi connectivity index (χ3v) is 4.82. The Balaban J connectivity index is 1.99. The number of nitrogens with one attached hydrogen (secondary N) is 1. The number of nitrogens with zero attached hydrogens (tertiary/aromatic N) is 2. The van der Waals surface area contributed by atoms with E-state index in [0.717, 1.165) is 5.82 Å². The summed E-state index contributed by atoms with van der Waals surface area (Å²) in [7, 11) is 2.07. The fourth-order valence-corrected chi connectivity index (χ4v) is 3.42. The Hall–Kier alpha value is -1.13. The lowest BCUT2D eigenvalue weighted by atomic mass is 10.1. The van der Waals surface area contributed by atoms with E-state index in [1.165, 1.54) is 37.0 Å². The van der Waals surface area contributed by atoms with Gasteiger partial charge in [0.15, 0.2) is 0 Å². The van der Waals surface area contributed by atoms with E-state index < -0.39 is 0 Å². The van der Waals surface area contributed by atoms with Crippen molar-refractivity contribution < 1.29 is 0 Å². The zero-order valence-corrected chi connectivity index (χ0v) is 14.2. The lowest BCUT2D eigenvalue weighted by Gasteiger charge is -2.22. The molecule has 0 radical (unpaired) electrons. The summed E-state index contributed by atoms with van der Waals surface area (Å²) in [5, 5.41) is 5.90. The van der Waals surface area contributed by atoms with Gasteiger partial charge in [-0.3, -0.25) is 0 Å². The number of aromatic nitrogens is 2. The lowest BCUT2D eigenvalue weighted by Crippen LogP contribution is -2.32. The zero-order valence-electron chi connectivity index (χ0n) is 13.4. The summed E-state index contributed by atoms with van der Waals surface area (Å²) in [4.78, 5) is 5.88. The van der Waals surface area contributed by atoms with Crippen LogP contribution in [-0.2, 0) is 7.05 Å². The van der Waals surface area contributed by atoms with Gasteiger partial charge in [0.2, 0.25) is 0 Å². The summed E-state index contributed by atoms with van der Waals surface area (Å²) in [5.74, 6) is 1.10. The second-order valence-electron chi connectivity index (χ2n) is 5.76. The first-order valence-corrected chi connectivity index (χ1v) is 8.87. The van der Waals surface area contributed by atoms with Crippen molar-refractivity contribution >= 4 is 11.3 Å². The highest BCUT2D eigenvalue weighted by Crippen LogP contribution is 2.25. The maximum absolute atomic E-state index is 4.54. The topological polar surface area (TPSA) is 29.9 Å². The highest BCUT2D eigenvalue weighted by atomic mass is 32.1. The minimum absolute atomic E-state index is 0.200. The van der Waals surface area contributed by atoms with Crippen LogP contribution in [0, 0.1) is 0 Å². The van der Waals surface area contributed by atoms with Crippen molar-refractivity contribution in [3.8, 4) is 0 Å². The van der Waals surface area contributed by atoms with Crippen molar-refractivity contribution in [2.45, 2.75) is 58.0 Å². The molecule has 116 valence electrons. The van der Waals surface area contributed by atoms with E-state index in [1.54, 1.807) is 11.3 Å². The maximum atomic E-state index is 4.54. The SMILES string of the molecule is CCCCCCC(C)NC(c1cccs1)c1nccn1C. The number of hydrogen-bond acceptors (Lipinski definition) is 3. The molecule has 1 N–H and O–H groups in total. The number of rotatable bonds is 9. The van der Waals surface area contributed by atoms with E-state index in [1.807, 2.05) is 12.4 Å². The largest absolute Gasteiger partial charge is 0.336 e. The Morgan fingerprint density at radius 3 is 2.81 bits per heavy atom. The van der Waals surface area contributed by atoms with Gasteiger partial charge in [-0.15, -0.1) is 11.3 Å². The molecule has 0 aliphatic heterocycles. The van der Waals surface area contributed by atoms with Crippen LogP contribution in [0.5, 0.6) is 0 Å². The van der Waals surface area contributed by atoms with Crippen molar-refractivity contribution in [2.24, 2.45) is 7.05 Å². The molecule has 2 atom stereocenters. The van der Waals surface area contributed by atoms with Crippen molar-refractivity contribution in [1.29, 1.82) is 0 Å². The lowest BCUT2D eigenvalue weighted by molar-refractivity contribution is 0.439. The molecule has 0 spiro atoms. The van der Waals surface area contributed by atoms with Crippen LogP contribution in [0.25, 0.3) is 0 Å². The summed E-state index contributed by atoms with van der Waals surface area (Å²) in [6.07, 6.45) is 10.4. The first-order chi connectivity index (χ1) is 10.2. The minimum Gasteiger partial charge on any atom is -0.336 e. The van der Waals surface area contributed by atoms with Crippen LogP contribution in [-0.4, -0.2) is 15.6 Å². The van der Waals surface area contributed by atoms with Gasteiger partial charge in [0.1, 0.15) is 11.9 Å². The molecule has 2 aromatic rings. The second-order valence-corrected chi connectivity index (χ2v) is 6.74. The van der Waals surface area contributed by atoms with Gasteiger partial charge in [-0.2, -0.15) is 0 Å². The molecule has 0 aliphatic carbocycles. The van der Waals surface area contributed by atoms with Gasteiger partial charge in [0.05, 0.1) is 0 Å². The third-order valence-electron chi connectivity index (χ3n) is 3.89. The Morgan fingerprint density at radius 2 is 2.19 bits per heavy atom. The summed E-state index contributed by atoms with van der Waals surface area (Å²) < 4.78 is 2.11. The Morgan fingerprint density at radius 1 is 1.33 bits per heavy atom. The average molecular weight is 305 g/mol. The molecule has 3 nitrogen and oxygen atoms in total. The summed E-state index contributed by atoms with van der Waals surface area (Å²) in [6, 6.07) is 5.02. The second kappa shape index (κ2) is 8.35. The Labute approximate surface area is 132 Å². The summed E-state index contributed by atoms with van der Waals surface area (Å²) >= 11 is 1.80. The molecule has 2 rings (SSSR count). The molecule has 0 saturated carbocycles. The first kappa shape index (κ1) is 16.2. The molecule has 0 aliphatic rings.